The summed E-state index contributed by atoms with van der Waals surface area (Å²) >= 11 is 4.55. The van der Waals surface area contributed by atoms with E-state index in [1.165, 1.54) is 25.7 Å². The van der Waals surface area contributed by atoms with Crippen LogP contribution in [0.3, 0.4) is 0 Å². The molecule has 0 aliphatic rings. The van der Waals surface area contributed by atoms with E-state index in [1.807, 2.05) is 0 Å². The van der Waals surface area contributed by atoms with Crippen molar-refractivity contribution < 1.29 is 4.74 Å². The lowest BCUT2D eigenvalue weighted by atomic mass is 9.81. The van der Waals surface area contributed by atoms with Crippen LogP contribution in [0.25, 0.3) is 0 Å². The normalized spacial score (nSPS) is 13.1. The van der Waals surface area contributed by atoms with Crippen molar-refractivity contribution in [1.82, 2.24) is 0 Å². The Morgan fingerprint density at radius 3 is 1.81 bits per heavy atom. The van der Waals surface area contributed by atoms with E-state index in [0.717, 1.165) is 18.8 Å². The van der Waals surface area contributed by atoms with Crippen molar-refractivity contribution in [1.29, 1.82) is 0 Å². The maximum absolute atomic E-state index is 6.09. The molecule has 0 heterocycles. The summed E-state index contributed by atoms with van der Waals surface area (Å²) in [4.78, 5) is 0. The molecule has 0 aromatic rings. The van der Waals surface area contributed by atoms with Gasteiger partial charge in [0.2, 0.25) is 0 Å². The predicted molar refractivity (Wildman–Crippen MR) is 76.4 cm³/mol. The van der Waals surface area contributed by atoms with Crippen LogP contribution >= 0.6 is 12.6 Å². The standard InChI is InChI=1S/C14H30OS/c1-6-9-14(12-16,10-7-2)11-15-13(4,5)8-3/h16H,6-12H2,1-5H3. The molecular weight excluding hydrogens is 216 g/mol. The van der Waals surface area contributed by atoms with Gasteiger partial charge in [0, 0.05) is 5.41 Å². The molecule has 0 saturated carbocycles. The zero-order chi connectivity index (χ0) is 12.7. The van der Waals surface area contributed by atoms with Gasteiger partial charge in [-0.2, -0.15) is 12.6 Å². The Bertz CT molecular complexity index is 172. The van der Waals surface area contributed by atoms with Crippen LogP contribution in [-0.2, 0) is 4.74 Å². The van der Waals surface area contributed by atoms with E-state index in [2.05, 4.69) is 47.2 Å². The first-order valence-corrected chi connectivity index (χ1v) is 7.33. The van der Waals surface area contributed by atoms with E-state index < -0.39 is 0 Å². The van der Waals surface area contributed by atoms with Gasteiger partial charge in [0.25, 0.3) is 0 Å². The fourth-order valence-corrected chi connectivity index (χ4v) is 2.39. The molecule has 0 fully saturated rings. The fourth-order valence-electron chi connectivity index (χ4n) is 1.98. The van der Waals surface area contributed by atoms with Gasteiger partial charge in [-0.15, -0.1) is 0 Å². The van der Waals surface area contributed by atoms with Gasteiger partial charge in [-0.3, -0.25) is 0 Å². The minimum atomic E-state index is 0.00960. The fraction of sp³-hybridized carbons (Fsp3) is 1.00. The van der Waals surface area contributed by atoms with Crippen LogP contribution in [0.5, 0.6) is 0 Å². The molecule has 0 amide bonds. The zero-order valence-electron chi connectivity index (χ0n) is 11.8. The molecule has 0 bridgehead atoms. The molecule has 0 radical (unpaired) electrons. The molecule has 0 aromatic carbocycles. The Kier molecular flexibility index (Phi) is 7.75. The lowest BCUT2D eigenvalue weighted by Crippen LogP contribution is -2.35. The monoisotopic (exact) mass is 246 g/mol. The summed E-state index contributed by atoms with van der Waals surface area (Å²) < 4.78 is 6.09. The molecule has 0 saturated heterocycles. The Balaban J connectivity index is 4.40. The minimum Gasteiger partial charge on any atom is -0.375 e. The summed E-state index contributed by atoms with van der Waals surface area (Å²) in [7, 11) is 0. The summed E-state index contributed by atoms with van der Waals surface area (Å²) in [6.45, 7) is 11.9. The van der Waals surface area contributed by atoms with Crippen LogP contribution in [0.2, 0.25) is 0 Å². The van der Waals surface area contributed by atoms with Crippen molar-refractivity contribution in [3.8, 4) is 0 Å². The molecule has 0 spiro atoms. The van der Waals surface area contributed by atoms with Crippen molar-refractivity contribution in [3.05, 3.63) is 0 Å². The number of thiol groups is 1. The summed E-state index contributed by atoms with van der Waals surface area (Å²) in [5.41, 5.74) is 0.300. The van der Waals surface area contributed by atoms with E-state index in [9.17, 15) is 0 Å². The third-order valence-electron chi connectivity index (χ3n) is 3.52. The van der Waals surface area contributed by atoms with E-state index in [-0.39, 0.29) is 5.60 Å². The summed E-state index contributed by atoms with van der Waals surface area (Å²) in [6, 6.07) is 0. The van der Waals surface area contributed by atoms with E-state index in [1.54, 1.807) is 0 Å². The van der Waals surface area contributed by atoms with Gasteiger partial charge in [0.1, 0.15) is 0 Å². The molecule has 2 heteroatoms. The summed E-state index contributed by atoms with van der Waals surface area (Å²) in [6.07, 6.45) is 5.95. The van der Waals surface area contributed by atoms with E-state index in [4.69, 9.17) is 4.74 Å². The van der Waals surface area contributed by atoms with Gasteiger partial charge in [-0.05, 0) is 38.9 Å². The van der Waals surface area contributed by atoms with Crippen molar-refractivity contribution in [2.75, 3.05) is 12.4 Å². The molecule has 98 valence electrons. The lowest BCUT2D eigenvalue weighted by molar-refractivity contribution is -0.0637. The number of hydrogen-bond donors (Lipinski definition) is 1. The van der Waals surface area contributed by atoms with Crippen molar-refractivity contribution >= 4 is 12.6 Å². The SMILES string of the molecule is CCCC(CS)(CCC)COC(C)(C)CC. The summed E-state index contributed by atoms with van der Waals surface area (Å²) in [5.74, 6) is 0.939. The molecule has 1 nitrogen and oxygen atoms in total. The van der Waals surface area contributed by atoms with Crippen LogP contribution in [0, 0.1) is 5.41 Å². The molecule has 0 N–H and O–H groups in total. The van der Waals surface area contributed by atoms with Crippen LogP contribution < -0.4 is 0 Å². The predicted octanol–water partition coefficient (Wildman–Crippen LogP) is 4.71. The van der Waals surface area contributed by atoms with Crippen LogP contribution in [0.4, 0.5) is 0 Å². The van der Waals surface area contributed by atoms with E-state index in [0.29, 0.717) is 5.41 Å². The Morgan fingerprint density at radius 2 is 1.50 bits per heavy atom. The van der Waals surface area contributed by atoms with Crippen molar-refractivity contribution in [3.63, 3.8) is 0 Å². The number of ether oxygens (including phenoxy) is 1. The number of rotatable bonds is 9. The maximum Gasteiger partial charge on any atom is 0.0624 e. The largest absolute Gasteiger partial charge is 0.375 e. The first-order valence-electron chi connectivity index (χ1n) is 6.70. The smallest absolute Gasteiger partial charge is 0.0624 e. The van der Waals surface area contributed by atoms with Crippen molar-refractivity contribution in [2.45, 2.75) is 72.3 Å². The van der Waals surface area contributed by atoms with Gasteiger partial charge in [-0.1, -0.05) is 33.6 Å². The van der Waals surface area contributed by atoms with Crippen LogP contribution in [0.15, 0.2) is 0 Å². The quantitative estimate of drug-likeness (QED) is 0.580. The van der Waals surface area contributed by atoms with Gasteiger partial charge in [0.15, 0.2) is 0 Å². The number of hydrogen-bond acceptors (Lipinski definition) is 2. The molecule has 0 aliphatic heterocycles. The molecule has 16 heavy (non-hydrogen) atoms. The average molecular weight is 246 g/mol. The van der Waals surface area contributed by atoms with Crippen LogP contribution in [0.1, 0.15) is 66.7 Å². The topological polar surface area (TPSA) is 9.23 Å². The first kappa shape index (κ1) is 16.3. The third kappa shape index (κ3) is 5.58. The Morgan fingerprint density at radius 1 is 1.00 bits per heavy atom. The molecule has 0 aliphatic carbocycles. The molecular formula is C14H30OS. The van der Waals surface area contributed by atoms with Gasteiger partial charge >= 0.3 is 0 Å². The Hall–Kier alpha value is 0.310. The van der Waals surface area contributed by atoms with Gasteiger partial charge in [0.05, 0.1) is 12.2 Å². The highest BCUT2D eigenvalue weighted by Crippen LogP contribution is 2.33. The third-order valence-corrected chi connectivity index (χ3v) is 4.19. The molecule has 0 rings (SSSR count). The van der Waals surface area contributed by atoms with Crippen molar-refractivity contribution in [2.24, 2.45) is 5.41 Å². The second-order valence-corrected chi connectivity index (χ2v) is 5.88. The molecule has 0 aromatic heterocycles. The minimum absolute atomic E-state index is 0.00960. The summed E-state index contributed by atoms with van der Waals surface area (Å²) in [5, 5.41) is 0. The second-order valence-electron chi connectivity index (χ2n) is 5.56. The molecule has 0 atom stereocenters. The molecule has 0 unspecified atom stereocenters. The highest BCUT2D eigenvalue weighted by molar-refractivity contribution is 7.80. The van der Waals surface area contributed by atoms with Gasteiger partial charge in [-0.25, -0.2) is 0 Å². The average Bonchev–Trinajstić information content (AvgIpc) is 2.27. The second kappa shape index (κ2) is 7.60. The van der Waals surface area contributed by atoms with Crippen LogP contribution in [-0.4, -0.2) is 18.0 Å². The lowest BCUT2D eigenvalue weighted by Gasteiger charge is -2.36. The first-order chi connectivity index (χ1) is 7.45. The van der Waals surface area contributed by atoms with Gasteiger partial charge < -0.3 is 4.74 Å². The maximum atomic E-state index is 6.09. The van der Waals surface area contributed by atoms with E-state index >= 15 is 0 Å². The zero-order valence-corrected chi connectivity index (χ0v) is 12.7. The highest BCUT2D eigenvalue weighted by atomic mass is 32.1. The highest BCUT2D eigenvalue weighted by Gasteiger charge is 2.29. The Labute approximate surface area is 108 Å².